The summed E-state index contributed by atoms with van der Waals surface area (Å²) in [5.41, 5.74) is 1.96. The zero-order valence-electron chi connectivity index (χ0n) is 12.8. The van der Waals surface area contributed by atoms with Crippen LogP contribution in [0.1, 0.15) is 17.2 Å². The zero-order chi connectivity index (χ0) is 16.1. The maximum atomic E-state index is 11.4. The Hall–Kier alpha value is -2.88. The summed E-state index contributed by atoms with van der Waals surface area (Å²) >= 11 is 0. The summed E-state index contributed by atoms with van der Waals surface area (Å²) in [4.78, 5) is 16.1. The minimum atomic E-state index is -0.409. The Bertz CT molecular complexity index is 723. The van der Waals surface area contributed by atoms with Gasteiger partial charge in [0.25, 0.3) is 0 Å². The van der Waals surface area contributed by atoms with Crippen LogP contribution in [0.4, 0.5) is 0 Å². The zero-order valence-corrected chi connectivity index (χ0v) is 12.8. The molecule has 2 aromatic carbocycles. The summed E-state index contributed by atoms with van der Waals surface area (Å²) in [5, 5.41) is 0. The number of nitrogens with zero attached hydrogens (tertiary/aromatic N) is 1. The highest BCUT2D eigenvalue weighted by molar-refractivity contribution is 5.95. The monoisotopic (exact) mass is 307 g/mol. The summed E-state index contributed by atoms with van der Waals surface area (Å²) in [6.07, 6.45) is 2.74. The first-order chi connectivity index (χ1) is 11.3. The Morgan fingerprint density at radius 3 is 2.39 bits per heavy atom. The Labute approximate surface area is 135 Å². The molecular weight excluding hydrogens is 290 g/mol. The molecule has 0 amide bonds. The molecule has 4 nitrogen and oxygen atoms in total. The van der Waals surface area contributed by atoms with E-state index in [2.05, 4.69) is 4.74 Å². The average Bonchev–Trinajstić information content (AvgIpc) is 3.05. The Morgan fingerprint density at radius 2 is 1.74 bits per heavy atom. The molecule has 0 fully saturated rings. The number of aliphatic imine (C=N–C) groups is 1. The van der Waals surface area contributed by atoms with E-state index < -0.39 is 5.97 Å². The molecule has 0 N–H and O–H groups in total. The van der Waals surface area contributed by atoms with Gasteiger partial charge in [-0.2, -0.15) is 0 Å². The van der Waals surface area contributed by atoms with Crippen LogP contribution in [0, 0.1) is 0 Å². The van der Waals surface area contributed by atoms with Crippen LogP contribution in [0.15, 0.2) is 77.8 Å². The van der Waals surface area contributed by atoms with E-state index in [1.165, 1.54) is 13.2 Å². The minimum absolute atomic E-state index is 0.188. The van der Waals surface area contributed by atoms with Crippen LogP contribution in [-0.4, -0.2) is 25.1 Å². The topological polar surface area (TPSA) is 47.9 Å². The highest BCUT2D eigenvalue weighted by atomic mass is 16.5. The van der Waals surface area contributed by atoms with Gasteiger partial charge < -0.3 is 9.47 Å². The summed E-state index contributed by atoms with van der Waals surface area (Å²) < 4.78 is 10.6. The van der Waals surface area contributed by atoms with Crippen molar-refractivity contribution in [3.05, 3.63) is 83.9 Å². The van der Waals surface area contributed by atoms with Gasteiger partial charge in [-0.15, -0.1) is 0 Å². The van der Waals surface area contributed by atoms with Gasteiger partial charge in [0.1, 0.15) is 12.1 Å². The number of benzene rings is 2. The molecule has 1 heterocycles. The molecule has 0 saturated carbocycles. The van der Waals surface area contributed by atoms with Crippen molar-refractivity contribution >= 4 is 11.9 Å². The number of hydrogen-bond acceptors (Lipinski definition) is 4. The van der Waals surface area contributed by atoms with E-state index in [1.54, 1.807) is 6.08 Å². The number of methoxy groups -OCH3 is 1. The van der Waals surface area contributed by atoms with Gasteiger partial charge in [0.15, 0.2) is 0 Å². The van der Waals surface area contributed by atoms with Gasteiger partial charge in [-0.3, -0.25) is 0 Å². The first kappa shape index (κ1) is 15.0. The molecule has 0 aliphatic carbocycles. The van der Waals surface area contributed by atoms with Crippen molar-refractivity contribution in [3.8, 4) is 0 Å². The van der Waals surface area contributed by atoms with Gasteiger partial charge in [-0.1, -0.05) is 48.5 Å². The molecule has 1 aliphatic heterocycles. The van der Waals surface area contributed by atoms with E-state index in [9.17, 15) is 4.79 Å². The molecule has 0 spiro atoms. The third-order valence-corrected chi connectivity index (χ3v) is 3.60. The van der Waals surface area contributed by atoms with E-state index in [1.807, 2.05) is 60.7 Å². The normalized spacial score (nSPS) is 20.1. The molecular formula is C19H17NO3. The summed E-state index contributed by atoms with van der Waals surface area (Å²) in [7, 11) is 1.35. The predicted octanol–water partition coefficient (Wildman–Crippen LogP) is 3.30. The van der Waals surface area contributed by atoms with Crippen molar-refractivity contribution in [1.82, 2.24) is 0 Å². The van der Waals surface area contributed by atoms with E-state index >= 15 is 0 Å². The third-order valence-electron chi connectivity index (χ3n) is 3.60. The van der Waals surface area contributed by atoms with Crippen LogP contribution in [0.25, 0.3) is 0 Å². The molecule has 0 saturated heterocycles. The molecule has 2 aromatic rings. The predicted molar refractivity (Wildman–Crippen MR) is 88.2 cm³/mol. The Balaban J connectivity index is 1.91. The van der Waals surface area contributed by atoms with Gasteiger partial charge in [-0.25, -0.2) is 9.79 Å². The van der Waals surface area contributed by atoms with Gasteiger partial charge in [0.2, 0.25) is 5.90 Å². The van der Waals surface area contributed by atoms with Crippen molar-refractivity contribution < 1.29 is 14.3 Å². The second kappa shape index (κ2) is 6.92. The van der Waals surface area contributed by atoms with Crippen LogP contribution >= 0.6 is 0 Å². The lowest BCUT2D eigenvalue weighted by Gasteiger charge is -2.14. The molecule has 4 heteroatoms. The van der Waals surface area contributed by atoms with Crippen LogP contribution in [0.3, 0.4) is 0 Å². The van der Waals surface area contributed by atoms with Gasteiger partial charge >= 0.3 is 5.97 Å². The average molecular weight is 307 g/mol. The quantitative estimate of drug-likeness (QED) is 0.643. The van der Waals surface area contributed by atoms with Crippen molar-refractivity contribution in [1.29, 1.82) is 0 Å². The molecule has 0 unspecified atom stereocenters. The Morgan fingerprint density at radius 1 is 1.09 bits per heavy atom. The van der Waals surface area contributed by atoms with Crippen molar-refractivity contribution in [3.63, 3.8) is 0 Å². The van der Waals surface area contributed by atoms with Crippen molar-refractivity contribution in [2.24, 2.45) is 4.99 Å². The highest BCUT2D eigenvalue weighted by Gasteiger charge is 2.31. The number of esters is 1. The second-order valence-corrected chi connectivity index (χ2v) is 5.12. The molecule has 1 aliphatic rings. The fraction of sp³-hybridized carbons (Fsp3) is 0.158. The fourth-order valence-corrected chi connectivity index (χ4v) is 2.45. The summed E-state index contributed by atoms with van der Waals surface area (Å²) in [5.74, 6) is 0.174. The Kier molecular flexibility index (Phi) is 4.52. The lowest BCUT2D eigenvalue weighted by atomic mass is 10.0. The van der Waals surface area contributed by atoms with E-state index in [0.29, 0.717) is 5.90 Å². The molecule has 0 bridgehead atoms. The van der Waals surface area contributed by atoms with Crippen LogP contribution in [-0.2, 0) is 14.3 Å². The van der Waals surface area contributed by atoms with Crippen molar-refractivity contribution in [2.75, 3.05) is 7.11 Å². The highest BCUT2D eigenvalue weighted by Crippen LogP contribution is 2.31. The standard InChI is InChI=1S/C19H17NO3/c1-22-17(21)13-12-16-18(14-8-4-2-5-9-14)20-19(23-16)15-10-6-3-7-11-15/h2-13,16,18H,1H3/b13-12+/t16-,18-/m0/s1. The number of carbonyl (C=O) groups excluding carboxylic acids is 1. The number of ether oxygens (including phenoxy) is 2. The maximum Gasteiger partial charge on any atom is 0.330 e. The molecule has 2 atom stereocenters. The first-order valence-corrected chi connectivity index (χ1v) is 7.39. The molecule has 3 rings (SSSR count). The van der Waals surface area contributed by atoms with E-state index in [4.69, 9.17) is 9.73 Å². The lowest BCUT2D eigenvalue weighted by molar-refractivity contribution is -0.134. The first-order valence-electron chi connectivity index (χ1n) is 7.39. The molecule has 0 aromatic heterocycles. The second-order valence-electron chi connectivity index (χ2n) is 5.12. The number of carbonyl (C=O) groups is 1. The summed E-state index contributed by atoms with van der Waals surface area (Å²) in [6.45, 7) is 0. The largest absolute Gasteiger partial charge is 0.467 e. The van der Waals surface area contributed by atoms with Gasteiger partial charge in [-0.05, 0) is 23.8 Å². The smallest absolute Gasteiger partial charge is 0.330 e. The summed E-state index contributed by atoms with van der Waals surface area (Å²) in [6, 6.07) is 19.4. The van der Waals surface area contributed by atoms with Gasteiger partial charge in [0, 0.05) is 11.6 Å². The number of hydrogen-bond donors (Lipinski definition) is 0. The SMILES string of the molecule is COC(=O)/C=C/[C@@H]1OC(c2ccccc2)=N[C@H]1c1ccccc1. The minimum Gasteiger partial charge on any atom is -0.467 e. The molecule has 23 heavy (non-hydrogen) atoms. The third kappa shape index (κ3) is 3.48. The van der Waals surface area contributed by atoms with Crippen LogP contribution < -0.4 is 0 Å². The van der Waals surface area contributed by atoms with Crippen LogP contribution in [0.2, 0.25) is 0 Å². The fourth-order valence-electron chi connectivity index (χ4n) is 2.45. The van der Waals surface area contributed by atoms with Gasteiger partial charge in [0.05, 0.1) is 7.11 Å². The van der Waals surface area contributed by atoms with E-state index in [-0.39, 0.29) is 12.1 Å². The van der Waals surface area contributed by atoms with Crippen molar-refractivity contribution in [2.45, 2.75) is 12.1 Å². The molecule has 116 valence electrons. The van der Waals surface area contributed by atoms with E-state index in [0.717, 1.165) is 11.1 Å². The molecule has 0 radical (unpaired) electrons. The number of rotatable bonds is 4. The van der Waals surface area contributed by atoms with Crippen LogP contribution in [0.5, 0.6) is 0 Å². The lowest BCUT2D eigenvalue weighted by Crippen LogP contribution is -2.15. The maximum absolute atomic E-state index is 11.4.